The van der Waals surface area contributed by atoms with Crippen LogP contribution < -0.4 is 5.32 Å². The zero-order valence-corrected chi connectivity index (χ0v) is 18.8. The van der Waals surface area contributed by atoms with E-state index in [0.717, 1.165) is 25.3 Å². The summed E-state index contributed by atoms with van der Waals surface area (Å²) in [5.74, 6) is 0.766. The van der Waals surface area contributed by atoms with E-state index in [2.05, 4.69) is 71.0 Å². The van der Waals surface area contributed by atoms with E-state index in [9.17, 15) is 0 Å². The molecular weight excluding hydrogens is 400 g/mol. The number of hydrogen-bond acceptors (Lipinski definition) is 1. The first-order valence-electron chi connectivity index (χ1n) is 11.7. The molecule has 160 valence electrons. The predicted octanol–water partition coefficient (Wildman–Crippen LogP) is 7.22. The molecule has 3 aromatic carbocycles. The van der Waals surface area contributed by atoms with Crippen molar-refractivity contribution < 1.29 is 0 Å². The van der Waals surface area contributed by atoms with Crippen LogP contribution in [-0.4, -0.2) is 11.5 Å². The van der Waals surface area contributed by atoms with E-state index in [-0.39, 0.29) is 12.4 Å². The lowest BCUT2D eigenvalue weighted by molar-refractivity contribution is 0.444. The van der Waals surface area contributed by atoms with Gasteiger partial charge in [-0.2, -0.15) is 0 Å². The van der Waals surface area contributed by atoms with Crippen LogP contribution in [0.15, 0.2) is 60.7 Å². The molecule has 0 bridgehead atoms. The molecule has 2 heterocycles. The van der Waals surface area contributed by atoms with Crippen LogP contribution in [0.2, 0.25) is 0 Å². The molecule has 0 amide bonds. The standard InChI is InChI=1S/C28H30N2.ClH/c1-2-7-19(8-3-1)21-13-14-26-25(17-21)24-15-16-29-27(28(24)30-26)18-22-11-6-10-20-9-4-5-12-23(20)22;/h4-6,9-14,17,19,27,29-30H,1-3,7-8,15-16,18H2;1H. The summed E-state index contributed by atoms with van der Waals surface area (Å²) < 4.78 is 0. The fraction of sp³-hybridized carbons (Fsp3) is 0.357. The van der Waals surface area contributed by atoms with Gasteiger partial charge in [0.05, 0.1) is 6.04 Å². The fourth-order valence-corrected chi connectivity index (χ4v) is 5.88. The van der Waals surface area contributed by atoms with Crippen molar-refractivity contribution in [3.63, 3.8) is 0 Å². The van der Waals surface area contributed by atoms with Crippen molar-refractivity contribution in [2.24, 2.45) is 0 Å². The Morgan fingerprint density at radius 3 is 2.58 bits per heavy atom. The molecule has 1 aliphatic carbocycles. The topological polar surface area (TPSA) is 27.8 Å². The molecule has 2 nitrogen and oxygen atoms in total. The number of hydrogen-bond donors (Lipinski definition) is 2. The third-order valence-corrected chi connectivity index (χ3v) is 7.46. The molecule has 1 unspecified atom stereocenters. The lowest BCUT2D eigenvalue weighted by Gasteiger charge is -2.25. The zero-order chi connectivity index (χ0) is 19.9. The second-order valence-corrected chi connectivity index (χ2v) is 9.26. The minimum absolute atomic E-state index is 0. The average Bonchev–Trinajstić information content (AvgIpc) is 3.19. The molecule has 0 spiro atoms. The van der Waals surface area contributed by atoms with Gasteiger partial charge in [0.2, 0.25) is 0 Å². The molecule has 0 radical (unpaired) electrons. The molecule has 1 fully saturated rings. The van der Waals surface area contributed by atoms with Gasteiger partial charge in [0.25, 0.3) is 0 Å². The third-order valence-electron chi connectivity index (χ3n) is 7.46. The normalized spacial score (nSPS) is 19.3. The van der Waals surface area contributed by atoms with Gasteiger partial charge in [0.15, 0.2) is 0 Å². The maximum atomic E-state index is 3.80. The molecule has 3 heteroatoms. The molecule has 1 aliphatic heterocycles. The van der Waals surface area contributed by atoms with E-state index < -0.39 is 0 Å². The van der Waals surface area contributed by atoms with Gasteiger partial charge in [-0.05, 0) is 77.7 Å². The molecule has 1 aromatic heterocycles. The predicted molar refractivity (Wildman–Crippen MR) is 133 cm³/mol. The highest BCUT2D eigenvalue weighted by Gasteiger charge is 2.25. The van der Waals surface area contributed by atoms with Gasteiger partial charge >= 0.3 is 0 Å². The van der Waals surface area contributed by atoms with Gasteiger partial charge in [-0.15, -0.1) is 12.4 Å². The Labute approximate surface area is 190 Å². The molecule has 4 aromatic rings. The van der Waals surface area contributed by atoms with Crippen LogP contribution in [0.4, 0.5) is 0 Å². The largest absolute Gasteiger partial charge is 0.357 e. The summed E-state index contributed by atoms with van der Waals surface area (Å²) in [6.07, 6.45) is 9.08. The Balaban J connectivity index is 0.00000204. The summed E-state index contributed by atoms with van der Waals surface area (Å²) in [6.45, 7) is 1.06. The number of aromatic amines is 1. The van der Waals surface area contributed by atoms with E-state index in [0.29, 0.717) is 6.04 Å². The van der Waals surface area contributed by atoms with Crippen molar-refractivity contribution in [2.75, 3.05) is 6.54 Å². The summed E-state index contributed by atoms with van der Waals surface area (Å²) >= 11 is 0. The first-order chi connectivity index (χ1) is 14.9. The van der Waals surface area contributed by atoms with Crippen LogP contribution in [0.1, 0.15) is 66.4 Å². The Kier molecular flexibility index (Phi) is 5.77. The summed E-state index contributed by atoms with van der Waals surface area (Å²) in [6, 6.07) is 23.1. The maximum Gasteiger partial charge on any atom is 0.0517 e. The molecule has 6 rings (SSSR count). The molecule has 2 aliphatic rings. The van der Waals surface area contributed by atoms with Crippen molar-refractivity contribution in [3.05, 3.63) is 83.0 Å². The third kappa shape index (κ3) is 3.77. The van der Waals surface area contributed by atoms with Crippen LogP contribution in [0.3, 0.4) is 0 Å². The van der Waals surface area contributed by atoms with Crippen molar-refractivity contribution in [1.82, 2.24) is 10.3 Å². The van der Waals surface area contributed by atoms with Gasteiger partial charge in [-0.25, -0.2) is 0 Å². The molecule has 0 saturated heterocycles. The Morgan fingerprint density at radius 2 is 1.68 bits per heavy atom. The first-order valence-corrected chi connectivity index (χ1v) is 11.7. The van der Waals surface area contributed by atoms with Crippen molar-refractivity contribution in [3.8, 4) is 0 Å². The van der Waals surface area contributed by atoms with Gasteiger partial charge in [-0.1, -0.05) is 67.8 Å². The second-order valence-electron chi connectivity index (χ2n) is 9.26. The number of H-pyrrole nitrogens is 1. The summed E-state index contributed by atoms with van der Waals surface area (Å²) in [7, 11) is 0. The van der Waals surface area contributed by atoms with Gasteiger partial charge in [0, 0.05) is 16.6 Å². The second kappa shape index (κ2) is 8.68. The van der Waals surface area contributed by atoms with Gasteiger partial charge < -0.3 is 10.3 Å². The molecule has 1 atom stereocenters. The Morgan fingerprint density at radius 1 is 0.839 bits per heavy atom. The monoisotopic (exact) mass is 430 g/mol. The zero-order valence-electron chi connectivity index (χ0n) is 18.0. The summed E-state index contributed by atoms with van der Waals surface area (Å²) in [5.41, 5.74) is 7.26. The minimum Gasteiger partial charge on any atom is -0.357 e. The number of rotatable bonds is 3. The van der Waals surface area contributed by atoms with E-state index in [4.69, 9.17) is 0 Å². The van der Waals surface area contributed by atoms with E-state index in [1.165, 1.54) is 65.0 Å². The molecular formula is C28H31ClN2. The summed E-state index contributed by atoms with van der Waals surface area (Å²) in [5, 5.41) is 7.98. The van der Waals surface area contributed by atoms with Crippen LogP contribution in [0, 0.1) is 0 Å². The molecule has 31 heavy (non-hydrogen) atoms. The van der Waals surface area contributed by atoms with E-state index >= 15 is 0 Å². The van der Waals surface area contributed by atoms with Crippen molar-refractivity contribution in [1.29, 1.82) is 0 Å². The number of nitrogens with one attached hydrogen (secondary N) is 2. The lowest BCUT2D eigenvalue weighted by atomic mass is 9.83. The van der Waals surface area contributed by atoms with Gasteiger partial charge in [0.1, 0.15) is 0 Å². The highest BCUT2D eigenvalue weighted by molar-refractivity contribution is 5.87. The maximum absolute atomic E-state index is 3.80. The highest BCUT2D eigenvalue weighted by atomic mass is 35.5. The summed E-state index contributed by atoms with van der Waals surface area (Å²) in [4.78, 5) is 3.80. The SMILES string of the molecule is Cl.c1ccc2c(CC3NCCc4c3[nH]c3ccc(C5CCCCC5)cc43)cccc2c1. The highest BCUT2D eigenvalue weighted by Crippen LogP contribution is 2.37. The van der Waals surface area contributed by atoms with Crippen molar-refractivity contribution >= 4 is 34.1 Å². The lowest BCUT2D eigenvalue weighted by Crippen LogP contribution is -2.31. The van der Waals surface area contributed by atoms with Gasteiger partial charge in [-0.3, -0.25) is 0 Å². The Bertz CT molecular complexity index is 1200. The number of aromatic nitrogens is 1. The minimum atomic E-state index is 0. The number of fused-ring (bicyclic) bond motifs is 4. The van der Waals surface area contributed by atoms with Crippen LogP contribution in [-0.2, 0) is 12.8 Å². The molecule has 2 N–H and O–H groups in total. The van der Waals surface area contributed by atoms with Crippen LogP contribution >= 0.6 is 12.4 Å². The number of benzene rings is 3. The van der Waals surface area contributed by atoms with E-state index in [1.807, 2.05) is 0 Å². The fourth-order valence-electron chi connectivity index (χ4n) is 5.88. The Hall–Kier alpha value is -2.29. The van der Waals surface area contributed by atoms with Crippen molar-refractivity contribution in [2.45, 2.75) is 56.9 Å². The number of halogens is 1. The molecule has 1 saturated carbocycles. The van der Waals surface area contributed by atoms with E-state index in [1.54, 1.807) is 11.1 Å². The first kappa shape index (κ1) is 20.6. The van der Waals surface area contributed by atoms with Crippen LogP contribution in [0.25, 0.3) is 21.7 Å². The quantitative estimate of drug-likeness (QED) is 0.352. The smallest absolute Gasteiger partial charge is 0.0517 e. The van der Waals surface area contributed by atoms with Crippen LogP contribution in [0.5, 0.6) is 0 Å². The average molecular weight is 431 g/mol.